The summed E-state index contributed by atoms with van der Waals surface area (Å²) in [6.45, 7) is 0.331. The van der Waals surface area contributed by atoms with Crippen LogP contribution >= 0.6 is 0 Å². The summed E-state index contributed by atoms with van der Waals surface area (Å²) in [7, 11) is -2.09. The molecule has 0 saturated carbocycles. The maximum Gasteiger partial charge on any atom is 0.326 e. The molecule has 2 aliphatic rings. The van der Waals surface area contributed by atoms with E-state index >= 15 is 0 Å². The third-order valence-corrected chi connectivity index (χ3v) is 6.71. The van der Waals surface area contributed by atoms with Crippen molar-refractivity contribution in [2.75, 3.05) is 28.7 Å². The predicted molar refractivity (Wildman–Crippen MR) is 96.6 cm³/mol. The number of carbonyl (C=O) groups is 1. The van der Waals surface area contributed by atoms with E-state index in [0.29, 0.717) is 17.1 Å². The fourth-order valence-corrected chi connectivity index (χ4v) is 4.92. The molecule has 8 nitrogen and oxygen atoms in total. The van der Waals surface area contributed by atoms with Gasteiger partial charge in [-0.2, -0.15) is 8.42 Å². The molecule has 0 atom stereocenters. The van der Waals surface area contributed by atoms with Crippen molar-refractivity contribution in [3.8, 4) is 0 Å². The van der Waals surface area contributed by atoms with Crippen LogP contribution in [0.15, 0.2) is 28.8 Å². The predicted octanol–water partition coefficient (Wildman–Crippen LogP) is 1.48. The lowest BCUT2D eigenvalue weighted by Crippen LogP contribution is -2.40. The first-order valence-electron chi connectivity index (χ1n) is 8.61. The second-order valence-corrected chi connectivity index (χ2v) is 8.32. The van der Waals surface area contributed by atoms with Crippen molar-refractivity contribution in [2.45, 2.75) is 25.7 Å². The Labute approximate surface area is 151 Å². The van der Waals surface area contributed by atoms with E-state index in [1.165, 1.54) is 15.7 Å². The maximum absolute atomic E-state index is 12.6. The Morgan fingerprint density at radius 1 is 1.23 bits per heavy atom. The van der Waals surface area contributed by atoms with Crippen LogP contribution in [-0.4, -0.2) is 39.6 Å². The summed E-state index contributed by atoms with van der Waals surface area (Å²) in [6.07, 6.45) is 3.66. The van der Waals surface area contributed by atoms with E-state index < -0.39 is 10.2 Å². The molecule has 1 aliphatic heterocycles. The lowest BCUT2D eigenvalue weighted by molar-refractivity contribution is 0.0945. The standard InChI is InChI=1S/C17H20N4O4S/c1-20-13-7-3-4-8-14(13)21(26(20,23)24)11-10-18-17(22)16-12-6-2-5-9-15(12)25-19-16/h3-4,7-8H,2,5-6,9-11H2,1H3,(H,18,22). The molecule has 1 N–H and O–H groups in total. The Morgan fingerprint density at radius 3 is 2.77 bits per heavy atom. The van der Waals surface area contributed by atoms with Crippen LogP contribution in [0.3, 0.4) is 0 Å². The summed E-state index contributed by atoms with van der Waals surface area (Å²) in [6, 6.07) is 7.10. The number of fused-ring (bicyclic) bond motifs is 2. The molecular formula is C17H20N4O4S. The summed E-state index contributed by atoms with van der Waals surface area (Å²) in [5.41, 5.74) is 2.45. The van der Waals surface area contributed by atoms with Crippen LogP contribution in [0.25, 0.3) is 0 Å². The Hall–Kier alpha value is -2.55. The van der Waals surface area contributed by atoms with Crippen LogP contribution in [0.5, 0.6) is 0 Å². The van der Waals surface area contributed by atoms with Gasteiger partial charge in [0.1, 0.15) is 5.76 Å². The summed E-state index contributed by atoms with van der Waals surface area (Å²) in [4.78, 5) is 12.4. The number of aromatic nitrogens is 1. The highest BCUT2D eigenvalue weighted by Gasteiger charge is 2.37. The Morgan fingerprint density at radius 2 is 1.96 bits per heavy atom. The number of hydrogen-bond donors (Lipinski definition) is 1. The van der Waals surface area contributed by atoms with Crippen LogP contribution in [0.2, 0.25) is 0 Å². The summed E-state index contributed by atoms with van der Waals surface area (Å²) >= 11 is 0. The van der Waals surface area contributed by atoms with Crippen LogP contribution in [-0.2, 0) is 23.1 Å². The molecule has 1 aromatic carbocycles. The van der Waals surface area contributed by atoms with Gasteiger partial charge in [0.05, 0.1) is 17.9 Å². The second kappa shape index (κ2) is 6.31. The number of carbonyl (C=O) groups excluding carboxylic acids is 1. The third kappa shape index (κ3) is 2.63. The number of para-hydroxylation sites is 2. The van der Waals surface area contributed by atoms with Gasteiger partial charge in [-0.1, -0.05) is 17.3 Å². The molecule has 9 heteroatoms. The Balaban J connectivity index is 1.45. The topological polar surface area (TPSA) is 95.8 Å². The molecule has 26 heavy (non-hydrogen) atoms. The van der Waals surface area contributed by atoms with Gasteiger partial charge in [0.2, 0.25) is 0 Å². The normalized spacial score (nSPS) is 17.7. The summed E-state index contributed by atoms with van der Waals surface area (Å²) < 4.78 is 32.9. The van der Waals surface area contributed by atoms with Crippen LogP contribution in [0, 0.1) is 0 Å². The van der Waals surface area contributed by atoms with Gasteiger partial charge >= 0.3 is 10.2 Å². The van der Waals surface area contributed by atoms with Gasteiger partial charge in [-0.3, -0.25) is 9.10 Å². The van der Waals surface area contributed by atoms with Crippen LogP contribution in [0.4, 0.5) is 11.4 Å². The first kappa shape index (κ1) is 16.9. The van der Waals surface area contributed by atoms with Gasteiger partial charge in [0, 0.05) is 25.6 Å². The molecule has 0 bridgehead atoms. The number of benzene rings is 1. The summed E-state index contributed by atoms with van der Waals surface area (Å²) in [5, 5.41) is 6.66. The molecule has 138 valence electrons. The van der Waals surface area contributed by atoms with Gasteiger partial charge in [-0.15, -0.1) is 0 Å². The number of hydrogen-bond acceptors (Lipinski definition) is 5. The Kier molecular flexibility index (Phi) is 4.10. The lowest BCUT2D eigenvalue weighted by Gasteiger charge is -2.19. The molecule has 1 aromatic heterocycles. The van der Waals surface area contributed by atoms with Gasteiger partial charge in [0.15, 0.2) is 5.69 Å². The van der Waals surface area contributed by atoms with Gasteiger partial charge in [-0.05, 0) is 31.4 Å². The number of aryl methyl sites for hydroxylation is 1. The van der Waals surface area contributed by atoms with Crippen LogP contribution < -0.4 is 13.9 Å². The van der Waals surface area contributed by atoms with Crippen molar-refractivity contribution in [1.29, 1.82) is 0 Å². The Bertz CT molecular complexity index is 953. The van der Waals surface area contributed by atoms with E-state index in [9.17, 15) is 13.2 Å². The zero-order valence-electron chi connectivity index (χ0n) is 14.4. The second-order valence-electron chi connectivity index (χ2n) is 6.43. The molecular weight excluding hydrogens is 356 g/mol. The highest BCUT2D eigenvalue weighted by atomic mass is 32.2. The highest BCUT2D eigenvalue weighted by Crippen LogP contribution is 2.39. The quantitative estimate of drug-likeness (QED) is 0.872. The molecule has 0 saturated heterocycles. The van der Waals surface area contributed by atoms with E-state index in [2.05, 4.69) is 10.5 Å². The fourth-order valence-electron chi connectivity index (χ4n) is 3.49. The number of nitrogens with zero attached hydrogens (tertiary/aromatic N) is 3. The van der Waals surface area contributed by atoms with E-state index in [1.807, 2.05) is 0 Å². The van der Waals surface area contributed by atoms with Crippen molar-refractivity contribution < 1.29 is 17.7 Å². The largest absolute Gasteiger partial charge is 0.360 e. The van der Waals surface area contributed by atoms with Gasteiger partial charge in [-0.25, -0.2) is 4.31 Å². The van der Waals surface area contributed by atoms with Crippen molar-refractivity contribution in [3.05, 3.63) is 41.3 Å². The third-order valence-electron chi connectivity index (χ3n) is 4.88. The number of anilines is 2. The SMILES string of the molecule is CN1c2ccccc2N(CCNC(=O)c2noc3c2CCCC3)S1(=O)=O. The number of amides is 1. The molecule has 2 heterocycles. The van der Waals surface area contributed by atoms with E-state index in [1.54, 1.807) is 24.3 Å². The minimum atomic E-state index is -3.61. The van der Waals surface area contributed by atoms with Crippen molar-refractivity contribution in [1.82, 2.24) is 10.5 Å². The lowest BCUT2D eigenvalue weighted by atomic mass is 9.96. The average molecular weight is 376 g/mol. The van der Waals surface area contributed by atoms with Gasteiger partial charge < -0.3 is 9.84 Å². The minimum absolute atomic E-state index is 0.148. The van der Waals surface area contributed by atoms with Crippen molar-refractivity contribution in [3.63, 3.8) is 0 Å². The first-order chi connectivity index (χ1) is 12.5. The highest BCUT2D eigenvalue weighted by molar-refractivity contribution is 7.94. The van der Waals surface area contributed by atoms with Crippen molar-refractivity contribution in [2.24, 2.45) is 0 Å². The molecule has 2 aromatic rings. The minimum Gasteiger partial charge on any atom is -0.360 e. The van der Waals surface area contributed by atoms with Crippen molar-refractivity contribution >= 4 is 27.5 Å². The zero-order chi connectivity index (χ0) is 18.3. The molecule has 0 fully saturated rings. The molecule has 0 unspecified atom stereocenters. The molecule has 1 amide bonds. The zero-order valence-corrected chi connectivity index (χ0v) is 15.3. The molecule has 0 radical (unpaired) electrons. The number of nitrogens with one attached hydrogen (secondary N) is 1. The van der Waals surface area contributed by atoms with E-state index in [0.717, 1.165) is 37.0 Å². The van der Waals surface area contributed by atoms with E-state index in [-0.39, 0.29) is 19.0 Å². The summed E-state index contributed by atoms with van der Waals surface area (Å²) in [5.74, 6) is 0.467. The molecule has 1 aliphatic carbocycles. The fraction of sp³-hybridized carbons (Fsp3) is 0.412. The smallest absolute Gasteiger partial charge is 0.326 e. The van der Waals surface area contributed by atoms with Crippen LogP contribution in [0.1, 0.15) is 34.7 Å². The monoisotopic (exact) mass is 376 g/mol. The molecule has 4 rings (SSSR count). The van der Waals surface area contributed by atoms with E-state index in [4.69, 9.17) is 4.52 Å². The molecule has 0 spiro atoms. The van der Waals surface area contributed by atoms with Gasteiger partial charge in [0.25, 0.3) is 5.91 Å². The maximum atomic E-state index is 12.6. The average Bonchev–Trinajstić information content (AvgIpc) is 3.15. The number of rotatable bonds is 4. The first-order valence-corrected chi connectivity index (χ1v) is 10.0.